The number of carbonyl (C=O) groups excluding carboxylic acids is 3. The first-order valence-electron chi connectivity index (χ1n) is 14.5. The summed E-state index contributed by atoms with van der Waals surface area (Å²) in [6.45, 7) is 5.92. The van der Waals surface area contributed by atoms with Gasteiger partial charge in [-0.3, -0.25) is 14.4 Å². The van der Waals surface area contributed by atoms with Gasteiger partial charge in [0, 0.05) is 23.0 Å². The first-order chi connectivity index (χ1) is 19.2. The van der Waals surface area contributed by atoms with Crippen molar-refractivity contribution in [2.24, 2.45) is 5.41 Å². The molecule has 6 rings (SSSR count). The van der Waals surface area contributed by atoms with E-state index in [0.717, 1.165) is 41.4 Å². The number of likely N-dealkylation sites (N-methyl/N-ethyl adjacent to an activating group) is 1. The van der Waals surface area contributed by atoms with E-state index in [1.165, 1.54) is 11.1 Å². The minimum Gasteiger partial charge on any atom is -0.356 e. The van der Waals surface area contributed by atoms with E-state index in [0.29, 0.717) is 12.8 Å². The summed E-state index contributed by atoms with van der Waals surface area (Å²) in [7, 11) is 1.72. The molecule has 3 amide bonds. The average molecular weight is 578 g/mol. The number of hydrogen-bond acceptors (Lipinski definition) is 4. The second kappa shape index (κ2) is 11.1. The van der Waals surface area contributed by atoms with Gasteiger partial charge in [0.2, 0.25) is 17.7 Å². The molecule has 4 N–H and O–H groups in total. The molecule has 41 heavy (non-hydrogen) atoms. The molecule has 2 aromatic carbocycles. The van der Waals surface area contributed by atoms with Gasteiger partial charge in [-0.15, -0.1) is 12.4 Å². The van der Waals surface area contributed by atoms with Gasteiger partial charge < -0.3 is 25.8 Å². The van der Waals surface area contributed by atoms with Crippen LogP contribution in [0, 0.1) is 5.41 Å². The molecule has 0 bridgehead atoms. The fraction of sp³-hybridized carbons (Fsp3) is 0.469. The van der Waals surface area contributed by atoms with Crippen molar-refractivity contribution in [2.75, 3.05) is 7.05 Å². The van der Waals surface area contributed by atoms with Gasteiger partial charge in [-0.2, -0.15) is 0 Å². The summed E-state index contributed by atoms with van der Waals surface area (Å²) in [5.74, 6) is -0.570. The van der Waals surface area contributed by atoms with Crippen LogP contribution in [0.2, 0.25) is 0 Å². The molecule has 218 valence electrons. The summed E-state index contributed by atoms with van der Waals surface area (Å²) in [6.07, 6.45) is 3.92. The normalized spacial score (nSPS) is 25.3. The van der Waals surface area contributed by atoms with E-state index in [1.807, 2.05) is 30.3 Å². The Balaban J connectivity index is 0.00000337. The number of fused-ring (bicyclic) bond motifs is 6. The van der Waals surface area contributed by atoms with Crippen LogP contribution in [0.5, 0.6) is 0 Å². The highest BCUT2D eigenvalue weighted by molar-refractivity contribution is 5.96. The van der Waals surface area contributed by atoms with Gasteiger partial charge in [-0.1, -0.05) is 56.3 Å². The van der Waals surface area contributed by atoms with E-state index in [2.05, 4.69) is 53.0 Å². The van der Waals surface area contributed by atoms with Gasteiger partial charge in [-0.25, -0.2) is 0 Å². The standard InChI is InChI=1S/C32H39N5O3.ClH/c1-18(33-4)29(38)36-25-16-22-21-13-7-8-14-24(21)34-27(22)26-17-32(2,3)28(37(26)31(25)40)30(39)35-23-15-9-11-19-10-5-6-12-20(19)23;/h5-8,10,12-14,18,23,25-26,28,33-34H,9,11,15-17H2,1-4H3,(H,35,39)(H,36,38);1H/t18-,23+,25-,26+,28+;/m0./s1. The Hall–Kier alpha value is -3.36. The number of aromatic nitrogens is 1. The number of carbonyl (C=O) groups is 3. The maximum atomic E-state index is 14.4. The summed E-state index contributed by atoms with van der Waals surface area (Å²) in [5, 5.41) is 10.4. The second-order valence-electron chi connectivity index (χ2n) is 12.3. The molecule has 1 aromatic heterocycles. The van der Waals surface area contributed by atoms with E-state index in [-0.39, 0.29) is 42.2 Å². The lowest BCUT2D eigenvalue weighted by molar-refractivity contribution is -0.145. The summed E-state index contributed by atoms with van der Waals surface area (Å²) in [5.41, 5.74) is 4.98. The zero-order chi connectivity index (χ0) is 28.2. The fourth-order valence-corrected chi connectivity index (χ4v) is 7.16. The molecule has 3 aromatic rings. The fourth-order valence-electron chi connectivity index (χ4n) is 7.16. The number of halogens is 1. The number of nitrogens with zero attached hydrogens (tertiary/aromatic N) is 1. The predicted molar refractivity (Wildman–Crippen MR) is 162 cm³/mol. The molecule has 1 aliphatic carbocycles. The second-order valence-corrected chi connectivity index (χ2v) is 12.3. The van der Waals surface area contributed by atoms with Crippen LogP contribution in [0.15, 0.2) is 48.5 Å². The Kier molecular flexibility index (Phi) is 7.92. The SMILES string of the molecule is CN[C@@H](C)C(=O)N[C@H]1Cc2c([nH]c3ccccc23)[C@H]2CC(C)(C)[C@@H](C(=O)N[C@@H]3CCCc4ccccc43)N2C1=O.Cl. The summed E-state index contributed by atoms with van der Waals surface area (Å²) in [4.78, 5) is 46.9. The topological polar surface area (TPSA) is 106 Å². The minimum atomic E-state index is -0.772. The molecule has 0 radical (unpaired) electrons. The number of aromatic amines is 1. The molecule has 3 heterocycles. The van der Waals surface area contributed by atoms with Crippen molar-refractivity contribution >= 4 is 41.0 Å². The molecule has 2 aliphatic heterocycles. The molecule has 9 heteroatoms. The number of rotatable bonds is 5. The Bertz CT molecular complexity index is 1480. The summed E-state index contributed by atoms with van der Waals surface area (Å²) < 4.78 is 0. The highest BCUT2D eigenvalue weighted by atomic mass is 35.5. The number of amides is 3. The molecule has 8 nitrogen and oxygen atoms in total. The number of hydrogen-bond donors (Lipinski definition) is 4. The van der Waals surface area contributed by atoms with Crippen molar-refractivity contribution in [3.63, 3.8) is 0 Å². The monoisotopic (exact) mass is 577 g/mol. The number of H-pyrrole nitrogens is 1. The van der Waals surface area contributed by atoms with Crippen molar-refractivity contribution < 1.29 is 14.4 Å². The summed E-state index contributed by atoms with van der Waals surface area (Å²) in [6, 6.07) is 14.1. The van der Waals surface area contributed by atoms with E-state index in [1.54, 1.807) is 18.9 Å². The Morgan fingerprint density at radius 3 is 2.56 bits per heavy atom. The highest BCUT2D eigenvalue weighted by Gasteiger charge is 2.56. The highest BCUT2D eigenvalue weighted by Crippen LogP contribution is 2.51. The molecule has 1 saturated heterocycles. The van der Waals surface area contributed by atoms with Crippen molar-refractivity contribution in [3.05, 3.63) is 70.9 Å². The quantitative estimate of drug-likeness (QED) is 0.366. The van der Waals surface area contributed by atoms with Crippen LogP contribution < -0.4 is 16.0 Å². The molecule has 1 fully saturated rings. The number of aryl methyl sites for hydroxylation is 1. The first kappa shape index (κ1) is 29.1. The van der Waals surface area contributed by atoms with E-state index < -0.39 is 23.5 Å². The lowest BCUT2D eigenvalue weighted by Gasteiger charge is -2.36. The van der Waals surface area contributed by atoms with Crippen LogP contribution in [0.3, 0.4) is 0 Å². The van der Waals surface area contributed by atoms with Gasteiger partial charge in [0.1, 0.15) is 12.1 Å². The lowest BCUT2D eigenvalue weighted by atomic mass is 9.81. The molecular formula is C32H40ClN5O3. The first-order valence-corrected chi connectivity index (χ1v) is 14.5. The average Bonchev–Trinajstić information content (AvgIpc) is 3.42. The van der Waals surface area contributed by atoms with Crippen LogP contribution in [0.25, 0.3) is 10.9 Å². The van der Waals surface area contributed by atoms with Gasteiger partial charge in [-0.05, 0) is 67.8 Å². The zero-order valence-corrected chi connectivity index (χ0v) is 24.9. The molecule has 3 aliphatic rings. The van der Waals surface area contributed by atoms with Crippen LogP contribution in [-0.4, -0.2) is 52.8 Å². The maximum Gasteiger partial charge on any atom is 0.246 e. The van der Waals surface area contributed by atoms with Crippen LogP contribution in [0.4, 0.5) is 0 Å². The summed E-state index contributed by atoms with van der Waals surface area (Å²) >= 11 is 0. The smallest absolute Gasteiger partial charge is 0.246 e. The zero-order valence-electron chi connectivity index (χ0n) is 24.1. The van der Waals surface area contributed by atoms with Crippen molar-refractivity contribution in [1.82, 2.24) is 25.8 Å². The molecule has 0 unspecified atom stereocenters. The van der Waals surface area contributed by atoms with E-state index in [9.17, 15) is 14.4 Å². The Morgan fingerprint density at radius 2 is 1.78 bits per heavy atom. The third-order valence-electron chi connectivity index (χ3n) is 9.29. The predicted octanol–water partition coefficient (Wildman–Crippen LogP) is 4.10. The largest absolute Gasteiger partial charge is 0.356 e. The van der Waals surface area contributed by atoms with Gasteiger partial charge >= 0.3 is 0 Å². The molecule has 5 atom stereocenters. The van der Waals surface area contributed by atoms with Gasteiger partial charge in [0.05, 0.1) is 18.1 Å². The third kappa shape index (κ3) is 5.01. The minimum absolute atomic E-state index is 0. The maximum absolute atomic E-state index is 14.4. The third-order valence-corrected chi connectivity index (χ3v) is 9.29. The molecule has 0 saturated carbocycles. The van der Waals surface area contributed by atoms with Gasteiger partial charge in [0.15, 0.2) is 0 Å². The number of nitrogens with one attached hydrogen (secondary N) is 4. The van der Waals surface area contributed by atoms with Crippen LogP contribution >= 0.6 is 12.4 Å². The lowest BCUT2D eigenvalue weighted by Crippen LogP contribution is -2.58. The van der Waals surface area contributed by atoms with Crippen LogP contribution in [-0.2, 0) is 27.2 Å². The van der Waals surface area contributed by atoms with Crippen molar-refractivity contribution in [2.45, 2.75) is 83.1 Å². The number of benzene rings is 2. The van der Waals surface area contributed by atoms with E-state index >= 15 is 0 Å². The molecular weight excluding hydrogens is 538 g/mol. The van der Waals surface area contributed by atoms with E-state index in [4.69, 9.17) is 0 Å². The van der Waals surface area contributed by atoms with Gasteiger partial charge in [0.25, 0.3) is 0 Å². The van der Waals surface area contributed by atoms with Crippen molar-refractivity contribution in [3.8, 4) is 0 Å². The molecule has 0 spiro atoms. The van der Waals surface area contributed by atoms with Crippen molar-refractivity contribution in [1.29, 1.82) is 0 Å². The Morgan fingerprint density at radius 1 is 1.05 bits per heavy atom. The number of para-hydroxylation sites is 1. The Labute approximate surface area is 247 Å². The van der Waals surface area contributed by atoms with Crippen LogP contribution in [0.1, 0.15) is 74.5 Å².